The van der Waals surface area contributed by atoms with E-state index in [1.807, 2.05) is 48.5 Å². The molecule has 0 saturated carbocycles. The Kier molecular flexibility index (Phi) is 5.29. The standard InChI is InChI=1S/C19H19ClN4/c1-2-24(13-15-8-4-3-5-9-15)19-12-18(21-14-22-19)23-17-11-7-6-10-16(17)20/h3-12,14H,2,13H2,1H3,(H,21,22,23). The molecule has 3 aromatic rings. The SMILES string of the molecule is CCN(Cc1ccccc1)c1cc(Nc2ccccc2Cl)ncn1. The summed E-state index contributed by atoms with van der Waals surface area (Å²) in [6.07, 6.45) is 1.57. The number of halogens is 1. The second kappa shape index (κ2) is 7.79. The van der Waals surface area contributed by atoms with Crippen LogP contribution in [-0.2, 0) is 6.54 Å². The van der Waals surface area contributed by atoms with Gasteiger partial charge in [-0.25, -0.2) is 9.97 Å². The molecule has 5 heteroatoms. The molecule has 3 rings (SSSR count). The highest BCUT2D eigenvalue weighted by Gasteiger charge is 2.09. The number of anilines is 3. The summed E-state index contributed by atoms with van der Waals surface area (Å²) in [4.78, 5) is 10.9. The van der Waals surface area contributed by atoms with Gasteiger partial charge >= 0.3 is 0 Å². The van der Waals surface area contributed by atoms with Crippen LogP contribution in [-0.4, -0.2) is 16.5 Å². The Morgan fingerprint density at radius 1 is 1.00 bits per heavy atom. The molecule has 0 radical (unpaired) electrons. The maximum atomic E-state index is 6.19. The van der Waals surface area contributed by atoms with E-state index in [0.29, 0.717) is 5.02 Å². The topological polar surface area (TPSA) is 41.0 Å². The van der Waals surface area contributed by atoms with Crippen LogP contribution in [0.3, 0.4) is 0 Å². The molecule has 1 heterocycles. The van der Waals surface area contributed by atoms with Crippen LogP contribution in [0, 0.1) is 0 Å². The van der Waals surface area contributed by atoms with Crippen LogP contribution >= 0.6 is 11.6 Å². The van der Waals surface area contributed by atoms with Crippen molar-refractivity contribution in [3.63, 3.8) is 0 Å². The average Bonchev–Trinajstić information content (AvgIpc) is 2.63. The maximum absolute atomic E-state index is 6.19. The van der Waals surface area contributed by atoms with E-state index < -0.39 is 0 Å². The first kappa shape index (κ1) is 16.3. The predicted molar refractivity (Wildman–Crippen MR) is 99.9 cm³/mol. The highest BCUT2D eigenvalue weighted by Crippen LogP contribution is 2.25. The van der Waals surface area contributed by atoms with Gasteiger partial charge in [0.2, 0.25) is 0 Å². The van der Waals surface area contributed by atoms with E-state index in [0.717, 1.165) is 30.4 Å². The van der Waals surface area contributed by atoms with Crippen LogP contribution in [0.25, 0.3) is 0 Å². The van der Waals surface area contributed by atoms with Crippen molar-refractivity contribution in [3.8, 4) is 0 Å². The van der Waals surface area contributed by atoms with E-state index in [1.54, 1.807) is 6.33 Å². The molecule has 0 spiro atoms. The number of hydrogen-bond acceptors (Lipinski definition) is 4. The summed E-state index contributed by atoms with van der Waals surface area (Å²) < 4.78 is 0. The van der Waals surface area contributed by atoms with Crippen molar-refractivity contribution < 1.29 is 0 Å². The van der Waals surface area contributed by atoms with Crippen LogP contribution < -0.4 is 10.2 Å². The number of benzene rings is 2. The van der Waals surface area contributed by atoms with Gasteiger partial charge in [-0.15, -0.1) is 0 Å². The summed E-state index contributed by atoms with van der Waals surface area (Å²) in [5.74, 6) is 1.60. The first-order valence-corrected chi connectivity index (χ1v) is 8.26. The molecule has 0 amide bonds. The van der Waals surface area contributed by atoms with Gasteiger partial charge in [0, 0.05) is 19.2 Å². The second-order valence-electron chi connectivity index (χ2n) is 5.37. The number of rotatable bonds is 6. The minimum absolute atomic E-state index is 0.661. The minimum Gasteiger partial charge on any atom is -0.352 e. The Labute approximate surface area is 147 Å². The molecule has 1 N–H and O–H groups in total. The lowest BCUT2D eigenvalue weighted by Gasteiger charge is -2.22. The van der Waals surface area contributed by atoms with E-state index >= 15 is 0 Å². The van der Waals surface area contributed by atoms with Gasteiger partial charge in [-0.1, -0.05) is 54.1 Å². The molecule has 0 aliphatic heterocycles. The number of para-hydroxylation sites is 1. The van der Waals surface area contributed by atoms with Crippen LogP contribution in [0.5, 0.6) is 0 Å². The molecule has 0 bridgehead atoms. The normalized spacial score (nSPS) is 10.4. The van der Waals surface area contributed by atoms with E-state index in [2.05, 4.69) is 39.2 Å². The van der Waals surface area contributed by atoms with Crippen molar-refractivity contribution >= 4 is 28.9 Å². The molecule has 0 aliphatic rings. The zero-order chi connectivity index (χ0) is 16.8. The Morgan fingerprint density at radius 2 is 1.75 bits per heavy atom. The Balaban J connectivity index is 1.79. The summed E-state index contributed by atoms with van der Waals surface area (Å²) in [5, 5.41) is 3.91. The number of hydrogen-bond donors (Lipinski definition) is 1. The fourth-order valence-electron chi connectivity index (χ4n) is 2.45. The van der Waals surface area contributed by atoms with Crippen LogP contribution in [0.4, 0.5) is 17.3 Å². The summed E-state index contributed by atoms with van der Waals surface area (Å²) in [5.41, 5.74) is 2.08. The number of nitrogens with one attached hydrogen (secondary N) is 1. The number of nitrogens with zero attached hydrogens (tertiary/aromatic N) is 3. The van der Waals surface area contributed by atoms with Crippen molar-refractivity contribution in [1.29, 1.82) is 0 Å². The van der Waals surface area contributed by atoms with Crippen molar-refractivity contribution in [3.05, 3.63) is 77.6 Å². The molecule has 1 aromatic heterocycles. The highest BCUT2D eigenvalue weighted by atomic mass is 35.5. The van der Waals surface area contributed by atoms with Gasteiger partial charge in [0.1, 0.15) is 18.0 Å². The molecule has 0 atom stereocenters. The lowest BCUT2D eigenvalue weighted by Crippen LogP contribution is -2.23. The first-order valence-electron chi connectivity index (χ1n) is 7.88. The van der Waals surface area contributed by atoms with Gasteiger partial charge in [0.25, 0.3) is 0 Å². The van der Waals surface area contributed by atoms with E-state index in [4.69, 9.17) is 11.6 Å². The first-order chi connectivity index (χ1) is 11.8. The Morgan fingerprint density at radius 3 is 2.50 bits per heavy atom. The summed E-state index contributed by atoms with van der Waals surface area (Å²) in [6, 6.07) is 19.9. The third-order valence-corrected chi connectivity index (χ3v) is 4.04. The van der Waals surface area contributed by atoms with Crippen molar-refractivity contribution in [2.45, 2.75) is 13.5 Å². The van der Waals surface area contributed by atoms with E-state index in [1.165, 1.54) is 5.56 Å². The monoisotopic (exact) mass is 338 g/mol. The van der Waals surface area contributed by atoms with Crippen LogP contribution in [0.15, 0.2) is 67.0 Å². The van der Waals surface area contributed by atoms with Crippen LogP contribution in [0.2, 0.25) is 5.02 Å². The number of aromatic nitrogens is 2. The fourth-order valence-corrected chi connectivity index (χ4v) is 2.63. The molecule has 2 aromatic carbocycles. The molecule has 0 aliphatic carbocycles. The third kappa shape index (κ3) is 4.03. The molecule has 24 heavy (non-hydrogen) atoms. The van der Waals surface area contributed by atoms with Gasteiger partial charge in [0.05, 0.1) is 10.7 Å². The zero-order valence-corrected chi connectivity index (χ0v) is 14.2. The highest BCUT2D eigenvalue weighted by molar-refractivity contribution is 6.33. The van der Waals surface area contributed by atoms with Crippen molar-refractivity contribution in [1.82, 2.24) is 9.97 Å². The van der Waals surface area contributed by atoms with Gasteiger partial charge < -0.3 is 10.2 Å². The zero-order valence-electron chi connectivity index (χ0n) is 13.5. The average molecular weight is 339 g/mol. The summed E-state index contributed by atoms with van der Waals surface area (Å²) in [6.45, 7) is 3.78. The van der Waals surface area contributed by atoms with Crippen molar-refractivity contribution in [2.24, 2.45) is 0 Å². The van der Waals surface area contributed by atoms with Gasteiger partial charge in [-0.05, 0) is 24.6 Å². The molecular weight excluding hydrogens is 320 g/mol. The van der Waals surface area contributed by atoms with E-state index in [-0.39, 0.29) is 0 Å². The minimum atomic E-state index is 0.661. The molecule has 0 saturated heterocycles. The quantitative estimate of drug-likeness (QED) is 0.694. The smallest absolute Gasteiger partial charge is 0.135 e. The molecule has 4 nitrogen and oxygen atoms in total. The maximum Gasteiger partial charge on any atom is 0.135 e. The molecular formula is C19H19ClN4. The second-order valence-corrected chi connectivity index (χ2v) is 5.77. The lowest BCUT2D eigenvalue weighted by molar-refractivity contribution is 0.810. The van der Waals surface area contributed by atoms with Gasteiger partial charge in [-0.3, -0.25) is 0 Å². The lowest BCUT2D eigenvalue weighted by atomic mass is 10.2. The largest absolute Gasteiger partial charge is 0.352 e. The molecule has 0 unspecified atom stereocenters. The van der Waals surface area contributed by atoms with Crippen molar-refractivity contribution in [2.75, 3.05) is 16.8 Å². The molecule has 122 valence electrons. The predicted octanol–water partition coefficient (Wildman–Crippen LogP) is 4.90. The van der Waals surface area contributed by atoms with E-state index in [9.17, 15) is 0 Å². The van der Waals surface area contributed by atoms with Gasteiger partial charge in [-0.2, -0.15) is 0 Å². The Hall–Kier alpha value is -2.59. The summed E-state index contributed by atoms with van der Waals surface area (Å²) >= 11 is 6.19. The van der Waals surface area contributed by atoms with Gasteiger partial charge in [0.15, 0.2) is 0 Å². The molecule has 0 fully saturated rings. The third-order valence-electron chi connectivity index (χ3n) is 3.71. The summed E-state index contributed by atoms with van der Waals surface area (Å²) in [7, 11) is 0. The Bertz CT molecular complexity index is 792. The van der Waals surface area contributed by atoms with Crippen LogP contribution in [0.1, 0.15) is 12.5 Å². The fraction of sp³-hybridized carbons (Fsp3) is 0.158.